The van der Waals surface area contributed by atoms with Gasteiger partial charge in [-0.05, 0) is 38.3 Å². The molecule has 0 saturated carbocycles. The molecule has 1 N–H and O–H groups in total. The zero-order valence-electron chi connectivity index (χ0n) is 16.8. The number of nitrogens with zero attached hydrogens (tertiary/aromatic N) is 2. The third-order valence-electron chi connectivity index (χ3n) is 4.29. The lowest BCUT2D eigenvalue weighted by Gasteiger charge is -2.43. The fourth-order valence-electron chi connectivity index (χ4n) is 2.40. The molecule has 160 valence electrons. The van der Waals surface area contributed by atoms with Crippen LogP contribution in [0.4, 0.5) is 0 Å². The first-order chi connectivity index (χ1) is 12.8. The lowest BCUT2D eigenvalue weighted by molar-refractivity contribution is -1.08. The molecule has 0 aromatic rings. The molecule has 0 radical (unpaired) electrons. The SMILES string of the molecule is CC[N+](CCOCCOC)(N[N+](CC)(CCOCCOC)C(=S)S)C(=S)S. The zero-order valence-corrected chi connectivity index (χ0v) is 20.2. The molecule has 2 atom stereocenters. The van der Waals surface area contributed by atoms with Gasteiger partial charge in [0.1, 0.15) is 26.2 Å². The van der Waals surface area contributed by atoms with E-state index >= 15 is 0 Å². The van der Waals surface area contributed by atoms with Gasteiger partial charge in [-0.3, -0.25) is 0 Å². The Bertz CT molecular complexity index is 410. The third-order valence-corrected chi connectivity index (χ3v) is 5.76. The van der Waals surface area contributed by atoms with Crippen LogP contribution in [0, 0.1) is 0 Å². The zero-order chi connectivity index (χ0) is 20.8. The van der Waals surface area contributed by atoms with Gasteiger partial charge in [-0.25, -0.2) is 0 Å². The Labute approximate surface area is 185 Å². The van der Waals surface area contributed by atoms with E-state index in [9.17, 15) is 0 Å². The van der Waals surface area contributed by atoms with Crippen molar-refractivity contribution in [3.63, 3.8) is 0 Å². The molecule has 0 saturated heterocycles. The van der Waals surface area contributed by atoms with Crippen molar-refractivity contribution in [3.05, 3.63) is 0 Å². The number of quaternary nitrogens is 2. The van der Waals surface area contributed by atoms with Crippen LogP contribution in [0.5, 0.6) is 0 Å². The van der Waals surface area contributed by atoms with Crippen molar-refractivity contribution in [1.82, 2.24) is 5.53 Å². The number of thiol groups is 2. The van der Waals surface area contributed by atoms with Crippen molar-refractivity contribution in [3.8, 4) is 0 Å². The highest BCUT2D eigenvalue weighted by molar-refractivity contribution is 8.10. The van der Waals surface area contributed by atoms with E-state index < -0.39 is 0 Å². The number of methoxy groups -OCH3 is 2. The van der Waals surface area contributed by atoms with Gasteiger partial charge >= 0.3 is 0 Å². The summed E-state index contributed by atoms with van der Waals surface area (Å²) in [5.41, 5.74) is 3.58. The smallest absolute Gasteiger partial charge is 0.254 e. The van der Waals surface area contributed by atoms with Crippen LogP contribution in [-0.4, -0.2) is 97.9 Å². The van der Waals surface area contributed by atoms with Crippen LogP contribution in [0.15, 0.2) is 0 Å². The van der Waals surface area contributed by atoms with Gasteiger partial charge in [-0.1, -0.05) is 25.3 Å². The molecular formula is C16H35N3O4S4+2. The van der Waals surface area contributed by atoms with Gasteiger partial charge in [0.05, 0.1) is 39.6 Å². The molecule has 0 aromatic carbocycles. The van der Waals surface area contributed by atoms with Crippen LogP contribution in [0.1, 0.15) is 13.8 Å². The predicted molar refractivity (Wildman–Crippen MR) is 123 cm³/mol. The fraction of sp³-hybridized carbons (Fsp3) is 0.875. The molecular weight excluding hydrogens is 426 g/mol. The topological polar surface area (TPSA) is 49.0 Å². The second kappa shape index (κ2) is 15.4. The standard InChI is InChI=1S/C16H33N3O4S4/c1-5-18(15(24)25,7-9-22-13-11-20-3)17-19(6-2,16(26)27)8-10-23-14-12-21-4/h17H,5-14H2,1-4H3/p+2. The average molecular weight is 462 g/mol. The summed E-state index contributed by atoms with van der Waals surface area (Å²) in [6.45, 7) is 9.91. The Morgan fingerprint density at radius 2 is 1.11 bits per heavy atom. The van der Waals surface area contributed by atoms with Gasteiger partial charge in [0.25, 0.3) is 8.64 Å². The van der Waals surface area contributed by atoms with Gasteiger partial charge in [-0.2, -0.15) is 9.18 Å². The van der Waals surface area contributed by atoms with Gasteiger partial charge in [0.15, 0.2) is 0 Å². The van der Waals surface area contributed by atoms with Gasteiger partial charge in [0.2, 0.25) is 0 Å². The highest BCUT2D eigenvalue weighted by atomic mass is 32.1. The largest absolute Gasteiger partial charge is 0.382 e. The summed E-state index contributed by atoms with van der Waals surface area (Å²) in [6.07, 6.45) is 0. The Morgan fingerprint density at radius 3 is 1.37 bits per heavy atom. The number of ether oxygens (including phenoxy) is 4. The van der Waals surface area contributed by atoms with E-state index in [0.717, 1.165) is 0 Å². The van der Waals surface area contributed by atoms with Crippen molar-refractivity contribution < 1.29 is 28.1 Å². The first-order valence-electron chi connectivity index (χ1n) is 8.98. The molecule has 0 bridgehead atoms. The minimum absolute atomic E-state index is 0.276. The third kappa shape index (κ3) is 9.77. The molecule has 0 heterocycles. The Morgan fingerprint density at radius 1 is 0.741 bits per heavy atom. The summed E-state index contributed by atoms with van der Waals surface area (Å²) in [6, 6.07) is 0. The summed E-state index contributed by atoms with van der Waals surface area (Å²) in [4.78, 5) is 0. The van der Waals surface area contributed by atoms with Crippen molar-refractivity contribution in [2.75, 3.05) is 80.0 Å². The van der Waals surface area contributed by atoms with Crippen LogP contribution in [0.25, 0.3) is 0 Å². The van der Waals surface area contributed by atoms with Crippen LogP contribution >= 0.6 is 49.7 Å². The number of hydrogen-bond acceptors (Lipinski definition) is 7. The molecule has 0 aliphatic rings. The highest BCUT2D eigenvalue weighted by Gasteiger charge is 2.43. The Hall–Kier alpha value is 0.600. The number of likely N-dealkylation sites (N-methyl/N-ethyl adjacent to an activating group) is 2. The van der Waals surface area contributed by atoms with Gasteiger partial charge in [-0.15, -0.1) is 0 Å². The highest BCUT2D eigenvalue weighted by Crippen LogP contribution is 2.17. The molecule has 11 heteroatoms. The molecule has 7 nitrogen and oxygen atoms in total. The maximum Gasteiger partial charge on any atom is 0.254 e. The molecule has 27 heavy (non-hydrogen) atoms. The van der Waals surface area contributed by atoms with E-state index in [1.807, 2.05) is 13.8 Å². The molecule has 0 rings (SSSR count). The number of thiocarbonyl (C=S) groups is 2. The molecule has 2 unspecified atom stereocenters. The second-order valence-corrected chi connectivity index (χ2v) is 8.12. The van der Waals surface area contributed by atoms with Gasteiger partial charge < -0.3 is 18.9 Å². The van der Waals surface area contributed by atoms with E-state index in [1.54, 1.807) is 14.2 Å². The maximum absolute atomic E-state index is 5.64. The number of hydrogen-bond donors (Lipinski definition) is 3. The summed E-state index contributed by atoms with van der Waals surface area (Å²) in [5.74, 6) is 0. The lowest BCUT2D eigenvalue weighted by Crippen LogP contribution is -2.75. The van der Waals surface area contributed by atoms with Crippen LogP contribution in [0.3, 0.4) is 0 Å². The molecule has 0 aliphatic heterocycles. The fourth-order valence-corrected chi connectivity index (χ4v) is 3.50. The predicted octanol–water partition coefficient (Wildman–Crippen LogP) is 1.83. The Kier molecular flexibility index (Phi) is 15.8. The molecule has 0 fully saturated rings. The minimum atomic E-state index is 0.276. The maximum atomic E-state index is 5.64. The van der Waals surface area contributed by atoms with E-state index in [2.05, 4.69) is 30.8 Å². The minimum Gasteiger partial charge on any atom is -0.382 e. The van der Waals surface area contributed by atoms with E-state index in [0.29, 0.717) is 74.5 Å². The summed E-state index contributed by atoms with van der Waals surface area (Å²) in [5, 5.41) is 0. The first-order valence-corrected chi connectivity index (χ1v) is 10.7. The van der Waals surface area contributed by atoms with Crippen molar-refractivity contribution >= 4 is 58.3 Å². The van der Waals surface area contributed by atoms with Crippen molar-refractivity contribution in [1.29, 1.82) is 0 Å². The van der Waals surface area contributed by atoms with Crippen LogP contribution in [0.2, 0.25) is 0 Å². The molecule has 0 amide bonds. The van der Waals surface area contributed by atoms with Gasteiger partial charge in [0, 0.05) is 19.8 Å². The summed E-state index contributed by atoms with van der Waals surface area (Å²) in [7, 11) is 3.30. The van der Waals surface area contributed by atoms with Crippen molar-refractivity contribution in [2.24, 2.45) is 0 Å². The first kappa shape index (κ1) is 27.6. The lowest BCUT2D eigenvalue weighted by atomic mass is 10.5. The number of rotatable bonds is 16. The molecule has 0 spiro atoms. The van der Waals surface area contributed by atoms with E-state index in [1.165, 1.54) is 0 Å². The Balaban J connectivity index is 5.17. The van der Waals surface area contributed by atoms with Crippen molar-refractivity contribution in [2.45, 2.75) is 13.8 Å². The molecule has 0 aliphatic carbocycles. The van der Waals surface area contributed by atoms with E-state index in [-0.39, 0.29) is 9.18 Å². The van der Waals surface area contributed by atoms with Crippen LogP contribution < -0.4 is 5.53 Å². The quantitative estimate of drug-likeness (QED) is 0.107. The average Bonchev–Trinajstić information content (AvgIpc) is 2.65. The van der Waals surface area contributed by atoms with E-state index in [4.69, 9.17) is 43.4 Å². The number of nitrogens with one attached hydrogen (secondary N) is 1. The van der Waals surface area contributed by atoms with Crippen LogP contribution in [-0.2, 0) is 18.9 Å². The second-order valence-electron chi connectivity index (χ2n) is 5.89. The monoisotopic (exact) mass is 461 g/mol. The summed E-state index contributed by atoms with van der Waals surface area (Å²) >= 11 is 19.9. The normalized spacial score (nSPS) is 15.9. The molecule has 0 aromatic heterocycles. The summed E-state index contributed by atoms with van der Waals surface area (Å²) < 4.78 is 22.9.